The molecule has 5 saturated heterocycles. The van der Waals surface area contributed by atoms with Crippen LogP contribution in [-0.4, -0.2) is 115 Å². The zero-order valence-electron chi connectivity index (χ0n) is 34.9. The summed E-state index contributed by atoms with van der Waals surface area (Å²) in [5.41, 5.74) is -6.45. The first-order chi connectivity index (χ1) is 27.9. The van der Waals surface area contributed by atoms with Crippen molar-refractivity contribution in [2.75, 3.05) is 13.2 Å². The lowest BCUT2D eigenvalue weighted by atomic mass is 9.30. The van der Waals surface area contributed by atoms with E-state index in [1.54, 1.807) is 0 Å². The summed E-state index contributed by atoms with van der Waals surface area (Å²) in [4.78, 5) is 57.9. The summed E-state index contributed by atoms with van der Waals surface area (Å²) in [5.74, 6) is -16.3. The molecular weight excluding hydrogens is 774 g/mol. The van der Waals surface area contributed by atoms with Gasteiger partial charge in [0.05, 0.1) is 42.2 Å². The number of amides is 1. The number of ether oxygens (including phenoxy) is 3. The Kier molecular flexibility index (Phi) is 6.80. The van der Waals surface area contributed by atoms with Crippen molar-refractivity contribution in [3.8, 4) is 0 Å². The van der Waals surface area contributed by atoms with E-state index in [-0.39, 0.29) is 36.3 Å². The van der Waals surface area contributed by atoms with E-state index in [1.807, 2.05) is 27.7 Å². The summed E-state index contributed by atoms with van der Waals surface area (Å²) in [7, 11) is 0. The third-order valence-corrected chi connectivity index (χ3v) is 20.7. The van der Waals surface area contributed by atoms with Crippen LogP contribution >= 0.6 is 0 Å². The molecule has 0 aromatic heterocycles. The maximum absolute atomic E-state index is 15.6. The van der Waals surface area contributed by atoms with Gasteiger partial charge in [0.2, 0.25) is 17.5 Å². The maximum Gasteiger partial charge on any atom is 0.228 e. The molecule has 5 aliphatic heterocycles. The predicted octanol–water partition coefficient (Wildman–Crippen LogP) is 0.708. The lowest BCUT2D eigenvalue weighted by molar-refractivity contribution is -0.499. The van der Waals surface area contributed by atoms with Gasteiger partial charge in [-0.05, 0) is 79.3 Å². The van der Waals surface area contributed by atoms with Crippen LogP contribution in [0.2, 0.25) is 0 Å². The quantitative estimate of drug-likeness (QED) is 0.118. The molecule has 3 spiro atoms. The summed E-state index contributed by atoms with van der Waals surface area (Å²) >= 11 is 0. The average Bonchev–Trinajstić information content (AvgIpc) is 3.93. The number of carbonyl (C=O) groups is 4. The molecule has 14 aliphatic rings. The third kappa shape index (κ3) is 3.34. The number of hydrogen-bond acceptors (Lipinski definition) is 13. The van der Waals surface area contributed by atoms with Crippen LogP contribution in [0.1, 0.15) is 67.2 Å². The van der Waals surface area contributed by atoms with Gasteiger partial charge < -0.3 is 50.2 Å². The van der Waals surface area contributed by atoms with Gasteiger partial charge >= 0.3 is 0 Å². The van der Waals surface area contributed by atoms with Crippen molar-refractivity contribution in [3.05, 3.63) is 36.0 Å². The number of β-lactam (4-membered cyclic amide) rings is 1. The molecule has 7 N–H and O–H groups in total. The Morgan fingerprint density at radius 2 is 1.62 bits per heavy atom. The van der Waals surface area contributed by atoms with E-state index >= 15 is 4.79 Å². The first-order valence-electron chi connectivity index (χ1n) is 22.0. The van der Waals surface area contributed by atoms with Gasteiger partial charge in [-0.25, -0.2) is 0 Å². The summed E-state index contributed by atoms with van der Waals surface area (Å²) < 4.78 is 20.1. The van der Waals surface area contributed by atoms with E-state index in [2.05, 4.69) is 24.6 Å². The van der Waals surface area contributed by atoms with E-state index in [4.69, 9.17) is 14.2 Å². The fourth-order valence-corrected chi connectivity index (χ4v) is 18.9. The number of rotatable bonds is 4. The van der Waals surface area contributed by atoms with Crippen molar-refractivity contribution in [1.29, 1.82) is 0 Å². The third-order valence-electron chi connectivity index (χ3n) is 20.7. The zero-order chi connectivity index (χ0) is 43.0. The number of Topliss-reactive ketones (excluding diaryl/α,β-unsaturated/α-hetero) is 3. The molecular formula is C46H57NO13. The van der Waals surface area contributed by atoms with Gasteiger partial charge in [-0.3, -0.25) is 19.2 Å². The fourth-order valence-electron chi connectivity index (χ4n) is 18.9. The van der Waals surface area contributed by atoms with Gasteiger partial charge in [0.15, 0.2) is 11.6 Å². The average molecular weight is 832 g/mol. The fraction of sp³-hybridized carbons (Fsp3) is 0.783. The highest BCUT2D eigenvalue weighted by Gasteiger charge is 2.93. The number of fused-ring (bicyclic) bond motifs is 6. The van der Waals surface area contributed by atoms with E-state index in [0.717, 1.165) is 11.1 Å². The van der Waals surface area contributed by atoms with Gasteiger partial charge in [-0.1, -0.05) is 52.5 Å². The van der Waals surface area contributed by atoms with Crippen molar-refractivity contribution in [2.24, 2.45) is 91.7 Å². The lowest BCUT2D eigenvalue weighted by Crippen LogP contribution is -2.91. The Morgan fingerprint density at radius 3 is 2.27 bits per heavy atom. The molecule has 1 amide bonds. The van der Waals surface area contributed by atoms with Crippen LogP contribution < -0.4 is 5.32 Å². The molecule has 8 saturated carbocycles. The molecule has 324 valence electrons. The van der Waals surface area contributed by atoms with Crippen LogP contribution in [0.3, 0.4) is 0 Å². The minimum absolute atomic E-state index is 0.148. The van der Waals surface area contributed by atoms with Gasteiger partial charge in [0, 0.05) is 47.0 Å². The van der Waals surface area contributed by atoms with Crippen LogP contribution in [0.25, 0.3) is 0 Å². The van der Waals surface area contributed by atoms with Crippen LogP contribution in [0, 0.1) is 91.7 Å². The van der Waals surface area contributed by atoms with Crippen molar-refractivity contribution in [2.45, 2.75) is 115 Å². The molecule has 0 radical (unpaired) electrons. The van der Waals surface area contributed by atoms with Crippen molar-refractivity contribution in [3.63, 3.8) is 0 Å². The number of carbonyl (C=O) groups excluding carboxylic acids is 4. The van der Waals surface area contributed by atoms with E-state index in [0.29, 0.717) is 25.7 Å². The molecule has 5 heterocycles. The van der Waals surface area contributed by atoms with Gasteiger partial charge in [0.1, 0.15) is 29.2 Å². The van der Waals surface area contributed by atoms with Gasteiger partial charge in [-0.2, -0.15) is 0 Å². The first-order valence-corrected chi connectivity index (χ1v) is 22.0. The molecule has 13 fully saturated rings. The minimum atomic E-state index is -2.50. The first kappa shape index (κ1) is 39.0. The van der Waals surface area contributed by atoms with Crippen LogP contribution in [0.5, 0.6) is 0 Å². The second kappa shape index (κ2) is 10.5. The standard InChI is InChI=1S/C46H57NO13/c1-16-13-21-19(16)9-11-22-42-15-59-46(43(21,22)18(3)48,36(54)29(42)39(6,7)30-25(34(42)52)37(55)47-30)60-40(8,56)27-24-26(27)38(4,5)28-35(53)45(57)44-23(41(28,14-58-45)33(24)51)12-10-20(32(44)50)17(2)31(44)49/h9,20-30,32,34-36,50,52-54,56-57H,1-2,10-15H2,3-8H3,(H,47,55)/t20-,21+,22-,23-,24?,25?,26?,27?,28+,29+,30?,32-,34?,35-,36-,40?,41-,42-,43-,44-,45+,46-/m0/s1. The van der Waals surface area contributed by atoms with Crippen LogP contribution in [-0.2, 0) is 33.4 Å². The summed E-state index contributed by atoms with van der Waals surface area (Å²) in [5, 5.41) is 78.5. The normalized spacial score (nSPS) is 59.6. The number of allylic oxidation sites excluding steroid dienone is 3. The molecule has 0 aromatic rings. The molecule has 14 heteroatoms. The lowest BCUT2D eigenvalue weighted by Gasteiger charge is -2.79. The molecule has 6 bridgehead atoms. The molecule has 14 rings (SSSR count). The number of hydrogen-bond donors (Lipinski definition) is 7. The molecule has 0 aromatic carbocycles. The molecule has 9 aliphatic carbocycles. The van der Waals surface area contributed by atoms with Crippen LogP contribution in [0.15, 0.2) is 36.0 Å². The topological polar surface area (TPSA) is 229 Å². The SMILES string of the molecule is C=C1C[C@@H]2C1=CC[C@H]1[C@@]34CO[C@](OC(C)(O)C5C6C(=O)[C@]78CO[C@](O)([C@@H](O)[C@@H]7C(C)(C)C65)[C@]56C(=O)C(=C)[C@H](CC[C@@H]85)[C@@H]6O)([C@@H](O)[C@@H]3C(C)(C)C3NC(=O)C3C4O)[C@@]21C(C)=O. The Balaban J connectivity index is 0.996. The number of nitrogens with one attached hydrogen (secondary N) is 1. The zero-order valence-corrected chi connectivity index (χ0v) is 34.9. The van der Waals surface area contributed by atoms with Crippen molar-refractivity contribution < 1.29 is 64.0 Å². The second-order valence-corrected chi connectivity index (χ2v) is 22.8. The number of aliphatic hydroxyl groups excluding tert-OH is 4. The Hall–Kier alpha value is -2.66. The smallest absolute Gasteiger partial charge is 0.228 e. The largest absolute Gasteiger partial charge is 0.392 e. The molecule has 60 heavy (non-hydrogen) atoms. The van der Waals surface area contributed by atoms with Gasteiger partial charge in [0.25, 0.3) is 0 Å². The Bertz CT molecular complexity index is 2230. The van der Waals surface area contributed by atoms with Gasteiger partial charge in [-0.15, -0.1) is 0 Å². The Labute approximate surface area is 347 Å². The highest BCUT2D eigenvalue weighted by Crippen LogP contribution is 2.83. The maximum atomic E-state index is 15.6. The van der Waals surface area contributed by atoms with E-state index < -0.39 is 145 Å². The van der Waals surface area contributed by atoms with E-state index in [1.165, 1.54) is 13.8 Å². The summed E-state index contributed by atoms with van der Waals surface area (Å²) in [6.07, 6.45) is -2.63. The second-order valence-electron chi connectivity index (χ2n) is 22.8. The number of ketones is 3. The predicted molar refractivity (Wildman–Crippen MR) is 205 cm³/mol. The molecule has 7 unspecified atom stereocenters. The highest BCUT2D eigenvalue weighted by molar-refractivity contribution is 6.06. The molecule has 22 atom stereocenters. The monoisotopic (exact) mass is 831 g/mol. The molecule has 14 nitrogen and oxygen atoms in total. The van der Waals surface area contributed by atoms with Crippen molar-refractivity contribution >= 4 is 23.3 Å². The summed E-state index contributed by atoms with van der Waals surface area (Å²) in [6, 6.07) is -0.487. The Morgan fingerprint density at radius 1 is 0.917 bits per heavy atom. The summed E-state index contributed by atoms with van der Waals surface area (Å²) in [6.45, 7) is 18.3. The van der Waals surface area contributed by atoms with Crippen LogP contribution in [0.4, 0.5) is 0 Å². The van der Waals surface area contributed by atoms with Crippen molar-refractivity contribution in [1.82, 2.24) is 5.32 Å². The highest BCUT2D eigenvalue weighted by atomic mass is 16.8. The van der Waals surface area contributed by atoms with E-state index in [9.17, 15) is 45.0 Å². The minimum Gasteiger partial charge on any atom is -0.392 e. The number of aliphatic hydroxyl groups is 6.